The molecule has 14 heavy (non-hydrogen) atoms. The van der Waals surface area contributed by atoms with Crippen molar-refractivity contribution in [2.24, 2.45) is 0 Å². The number of carbonyl (C=O) groups is 1. The highest BCUT2D eigenvalue weighted by molar-refractivity contribution is 14.1. The standard InChI is InChI=1S/C10H7IO2S/c1-13-10-7-4-6(11)2-3-8(7)14-9(10)5-12/h2-5H,1H3. The largest absolute Gasteiger partial charge is 0.494 e. The van der Waals surface area contributed by atoms with E-state index in [2.05, 4.69) is 22.6 Å². The van der Waals surface area contributed by atoms with Gasteiger partial charge in [0.2, 0.25) is 0 Å². The van der Waals surface area contributed by atoms with Crippen molar-refractivity contribution in [3.05, 3.63) is 26.6 Å². The van der Waals surface area contributed by atoms with E-state index in [1.165, 1.54) is 11.3 Å². The zero-order valence-corrected chi connectivity index (χ0v) is 10.4. The predicted molar refractivity (Wildman–Crippen MR) is 66.5 cm³/mol. The van der Waals surface area contributed by atoms with E-state index < -0.39 is 0 Å². The summed E-state index contributed by atoms with van der Waals surface area (Å²) in [5, 5.41) is 1.02. The molecule has 0 saturated carbocycles. The first-order chi connectivity index (χ1) is 6.76. The predicted octanol–water partition coefficient (Wildman–Crippen LogP) is 3.33. The van der Waals surface area contributed by atoms with Crippen LogP contribution in [0.15, 0.2) is 18.2 Å². The Kier molecular flexibility index (Phi) is 2.73. The van der Waals surface area contributed by atoms with Gasteiger partial charge in [-0.05, 0) is 40.8 Å². The van der Waals surface area contributed by atoms with Gasteiger partial charge in [0.25, 0.3) is 0 Å². The van der Waals surface area contributed by atoms with Gasteiger partial charge in [0.15, 0.2) is 6.29 Å². The molecule has 1 aromatic heterocycles. The van der Waals surface area contributed by atoms with E-state index in [-0.39, 0.29) is 0 Å². The molecule has 2 aromatic rings. The van der Waals surface area contributed by atoms with Crippen LogP contribution in [0.25, 0.3) is 10.1 Å². The van der Waals surface area contributed by atoms with Gasteiger partial charge in [-0.2, -0.15) is 0 Å². The molecule has 0 saturated heterocycles. The average Bonchev–Trinajstić information content (AvgIpc) is 2.54. The second kappa shape index (κ2) is 3.86. The van der Waals surface area contributed by atoms with E-state index in [0.717, 1.165) is 19.9 Å². The van der Waals surface area contributed by atoms with Crippen molar-refractivity contribution < 1.29 is 9.53 Å². The number of ether oxygens (including phenoxy) is 1. The summed E-state index contributed by atoms with van der Waals surface area (Å²) >= 11 is 3.70. The summed E-state index contributed by atoms with van der Waals surface area (Å²) in [5.74, 6) is 0.693. The summed E-state index contributed by atoms with van der Waals surface area (Å²) in [7, 11) is 1.59. The number of halogens is 1. The SMILES string of the molecule is COc1c(C=O)sc2ccc(I)cc12. The lowest BCUT2D eigenvalue weighted by Crippen LogP contribution is -1.84. The van der Waals surface area contributed by atoms with Crippen molar-refractivity contribution in [1.82, 2.24) is 0 Å². The minimum Gasteiger partial charge on any atom is -0.494 e. The number of benzene rings is 1. The number of thiophene rings is 1. The number of aldehydes is 1. The zero-order valence-electron chi connectivity index (χ0n) is 7.41. The van der Waals surface area contributed by atoms with Gasteiger partial charge in [-0.1, -0.05) is 0 Å². The molecule has 2 rings (SSSR count). The first-order valence-electron chi connectivity index (χ1n) is 3.97. The molecule has 0 radical (unpaired) electrons. The molecule has 0 aliphatic rings. The van der Waals surface area contributed by atoms with E-state index in [9.17, 15) is 4.79 Å². The fraction of sp³-hybridized carbons (Fsp3) is 0.100. The number of fused-ring (bicyclic) bond motifs is 1. The highest BCUT2D eigenvalue weighted by atomic mass is 127. The van der Waals surface area contributed by atoms with E-state index in [1.807, 2.05) is 18.2 Å². The van der Waals surface area contributed by atoms with Gasteiger partial charge in [0.05, 0.1) is 7.11 Å². The quantitative estimate of drug-likeness (QED) is 0.627. The van der Waals surface area contributed by atoms with Crippen molar-refractivity contribution in [2.45, 2.75) is 0 Å². The highest BCUT2D eigenvalue weighted by Crippen LogP contribution is 2.37. The molecule has 0 spiro atoms. The molecular weight excluding hydrogens is 311 g/mol. The van der Waals surface area contributed by atoms with Crippen LogP contribution in [-0.4, -0.2) is 13.4 Å². The van der Waals surface area contributed by atoms with Gasteiger partial charge in [-0.3, -0.25) is 4.79 Å². The van der Waals surface area contributed by atoms with Crippen LogP contribution < -0.4 is 4.74 Å². The second-order valence-corrected chi connectivity index (χ2v) is 5.09. The molecule has 2 nitrogen and oxygen atoms in total. The second-order valence-electron chi connectivity index (χ2n) is 2.76. The van der Waals surface area contributed by atoms with Gasteiger partial charge in [0, 0.05) is 13.7 Å². The molecule has 0 fully saturated rings. The van der Waals surface area contributed by atoms with E-state index in [4.69, 9.17) is 4.74 Å². The zero-order chi connectivity index (χ0) is 10.1. The van der Waals surface area contributed by atoms with Crippen LogP contribution >= 0.6 is 33.9 Å². The molecule has 0 N–H and O–H groups in total. The Balaban J connectivity index is 2.81. The lowest BCUT2D eigenvalue weighted by molar-refractivity contribution is 0.112. The first kappa shape index (κ1) is 9.92. The molecule has 0 atom stereocenters. The smallest absolute Gasteiger partial charge is 0.163 e. The molecule has 72 valence electrons. The maximum atomic E-state index is 10.8. The third-order valence-electron chi connectivity index (χ3n) is 1.94. The van der Waals surface area contributed by atoms with Crippen molar-refractivity contribution in [3.8, 4) is 5.75 Å². The van der Waals surface area contributed by atoms with Crippen LogP contribution in [-0.2, 0) is 0 Å². The Morgan fingerprint density at radius 1 is 1.50 bits per heavy atom. The summed E-state index contributed by atoms with van der Waals surface area (Å²) < 4.78 is 7.45. The highest BCUT2D eigenvalue weighted by Gasteiger charge is 2.11. The first-order valence-corrected chi connectivity index (χ1v) is 5.87. The van der Waals surface area contributed by atoms with Crippen molar-refractivity contribution in [1.29, 1.82) is 0 Å². The number of rotatable bonds is 2. The Labute approximate surface area is 99.0 Å². The third kappa shape index (κ3) is 1.52. The number of methoxy groups -OCH3 is 1. The van der Waals surface area contributed by atoms with Gasteiger partial charge >= 0.3 is 0 Å². The summed E-state index contributed by atoms with van der Waals surface area (Å²) in [6.45, 7) is 0. The van der Waals surface area contributed by atoms with Crippen LogP contribution in [0.3, 0.4) is 0 Å². The topological polar surface area (TPSA) is 26.3 Å². The normalized spacial score (nSPS) is 10.4. The molecule has 1 heterocycles. The molecule has 0 aliphatic heterocycles. The Hall–Kier alpha value is -0.620. The fourth-order valence-electron chi connectivity index (χ4n) is 1.35. The molecular formula is C10H7IO2S. The minimum atomic E-state index is 0.657. The lowest BCUT2D eigenvalue weighted by atomic mass is 10.2. The summed E-state index contributed by atoms with van der Waals surface area (Å²) in [5.41, 5.74) is 0. The molecule has 0 aliphatic carbocycles. The van der Waals surface area contributed by atoms with Crippen LogP contribution in [0.2, 0.25) is 0 Å². The molecule has 1 aromatic carbocycles. The van der Waals surface area contributed by atoms with Gasteiger partial charge in [-0.15, -0.1) is 11.3 Å². The number of hydrogen-bond acceptors (Lipinski definition) is 3. The van der Waals surface area contributed by atoms with Crippen molar-refractivity contribution >= 4 is 50.3 Å². The van der Waals surface area contributed by atoms with Crippen molar-refractivity contribution in [2.75, 3.05) is 7.11 Å². The maximum absolute atomic E-state index is 10.8. The van der Waals surface area contributed by atoms with Crippen LogP contribution in [0.1, 0.15) is 9.67 Å². The van der Waals surface area contributed by atoms with E-state index in [1.54, 1.807) is 7.11 Å². The van der Waals surface area contributed by atoms with Gasteiger partial charge in [-0.25, -0.2) is 0 Å². The number of hydrogen-bond donors (Lipinski definition) is 0. The Morgan fingerprint density at radius 2 is 2.29 bits per heavy atom. The maximum Gasteiger partial charge on any atom is 0.163 e. The van der Waals surface area contributed by atoms with Crippen LogP contribution in [0.5, 0.6) is 5.75 Å². The summed E-state index contributed by atoms with van der Waals surface area (Å²) in [6.07, 6.45) is 0.844. The number of carbonyl (C=O) groups excluding carboxylic acids is 1. The fourth-order valence-corrected chi connectivity index (χ4v) is 2.81. The molecule has 0 unspecified atom stereocenters. The monoisotopic (exact) mass is 318 g/mol. The molecule has 0 amide bonds. The van der Waals surface area contributed by atoms with Crippen LogP contribution in [0, 0.1) is 3.57 Å². The van der Waals surface area contributed by atoms with Crippen molar-refractivity contribution in [3.63, 3.8) is 0 Å². The summed E-state index contributed by atoms with van der Waals surface area (Å²) in [6, 6.07) is 6.06. The lowest BCUT2D eigenvalue weighted by Gasteiger charge is -1.97. The molecule has 4 heteroatoms. The van der Waals surface area contributed by atoms with E-state index >= 15 is 0 Å². The third-order valence-corrected chi connectivity index (χ3v) is 3.69. The molecule has 0 bridgehead atoms. The average molecular weight is 318 g/mol. The minimum absolute atomic E-state index is 0.657. The van der Waals surface area contributed by atoms with Gasteiger partial charge < -0.3 is 4.74 Å². The van der Waals surface area contributed by atoms with E-state index in [0.29, 0.717) is 10.6 Å². The Morgan fingerprint density at radius 3 is 2.93 bits per heavy atom. The van der Waals surface area contributed by atoms with Crippen LogP contribution in [0.4, 0.5) is 0 Å². The Bertz CT molecular complexity index is 490. The summed E-state index contributed by atoms with van der Waals surface area (Å²) in [4.78, 5) is 11.4. The van der Waals surface area contributed by atoms with Gasteiger partial charge in [0.1, 0.15) is 10.6 Å².